The van der Waals surface area contributed by atoms with Crippen LogP contribution >= 0.6 is 0 Å². The molecule has 10 rings (SSSR count). The summed E-state index contributed by atoms with van der Waals surface area (Å²) in [5.41, 5.74) is 8.37. The van der Waals surface area contributed by atoms with Crippen molar-refractivity contribution in [3.8, 4) is 11.5 Å². The lowest BCUT2D eigenvalue weighted by atomic mass is 10.1. The number of rotatable bonds is 12. The maximum Gasteiger partial charge on any atom is 0.387 e. The number of piperazine rings is 1. The number of ether oxygens (including phenoxy) is 3. The number of aryl methyl sites for hydroxylation is 2. The van der Waals surface area contributed by atoms with Gasteiger partial charge < -0.3 is 54.6 Å². The number of methoxy groups -OCH3 is 1. The number of hydrogen-bond donors (Lipinski definition) is 5. The van der Waals surface area contributed by atoms with E-state index in [4.69, 9.17) is 19.4 Å². The van der Waals surface area contributed by atoms with Gasteiger partial charge in [-0.25, -0.2) is 29.9 Å². The Labute approximate surface area is 373 Å². The van der Waals surface area contributed by atoms with Gasteiger partial charge in [0.25, 0.3) is 0 Å². The van der Waals surface area contributed by atoms with E-state index in [1.807, 2.05) is 43.5 Å². The SMILES string of the molecule is COc1ccc(CNc2cnc3ccc(N4CCN(C)CC4)nc3n2)c2c(C)c[nH]c12.Cc1c[nH]c2c(OC(F)F)ccc(CNc3cnc4ccc(N5CCOC(CO)C5)nc4n3)c12. The Morgan fingerprint density at radius 3 is 1.85 bits per heavy atom. The monoisotopic (exact) mass is 887 g/mol. The lowest BCUT2D eigenvalue weighted by Crippen LogP contribution is -2.44. The van der Waals surface area contributed by atoms with Crippen LogP contribution in [-0.4, -0.2) is 129 Å². The number of benzene rings is 2. The molecule has 2 saturated heterocycles. The van der Waals surface area contributed by atoms with Crippen molar-refractivity contribution in [1.82, 2.24) is 44.8 Å². The van der Waals surface area contributed by atoms with Gasteiger partial charge in [0.2, 0.25) is 0 Å². The van der Waals surface area contributed by atoms with Crippen LogP contribution < -0.4 is 29.9 Å². The van der Waals surface area contributed by atoms with Gasteiger partial charge in [0, 0.05) is 75.5 Å². The number of halogens is 2. The van der Waals surface area contributed by atoms with Gasteiger partial charge in [-0.1, -0.05) is 12.1 Å². The topological polar surface area (TPSA) is 191 Å². The fraction of sp³-hybridized carbons (Fsp3) is 0.348. The minimum atomic E-state index is -2.90. The Balaban J connectivity index is 0.000000165. The van der Waals surface area contributed by atoms with E-state index >= 15 is 0 Å². The van der Waals surface area contributed by atoms with Gasteiger partial charge in [-0.3, -0.25) is 0 Å². The van der Waals surface area contributed by atoms with Crippen LogP contribution in [0.2, 0.25) is 0 Å². The molecule has 2 fully saturated rings. The summed E-state index contributed by atoms with van der Waals surface area (Å²) in [4.78, 5) is 40.8. The number of nitrogens with one attached hydrogen (secondary N) is 4. The summed E-state index contributed by atoms with van der Waals surface area (Å²) in [6.45, 7) is 7.90. The molecule has 8 aromatic rings. The molecule has 0 radical (unpaired) electrons. The fourth-order valence-electron chi connectivity index (χ4n) is 8.35. The van der Waals surface area contributed by atoms with Gasteiger partial charge in [-0.2, -0.15) is 8.78 Å². The van der Waals surface area contributed by atoms with Gasteiger partial charge in [-0.05, 0) is 79.5 Å². The first-order chi connectivity index (χ1) is 31.6. The number of nitrogens with zero attached hydrogens (tertiary/aromatic N) is 9. The predicted molar refractivity (Wildman–Crippen MR) is 247 cm³/mol. The minimum Gasteiger partial charge on any atom is -0.495 e. The zero-order valence-electron chi connectivity index (χ0n) is 36.6. The van der Waals surface area contributed by atoms with Gasteiger partial charge in [0.05, 0.1) is 49.9 Å². The highest BCUT2D eigenvalue weighted by Crippen LogP contribution is 2.33. The van der Waals surface area contributed by atoms with Crippen molar-refractivity contribution >= 4 is 67.4 Å². The molecule has 1 unspecified atom stereocenters. The van der Waals surface area contributed by atoms with Crippen molar-refractivity contribution in [3.63, 3.8) is 0 Å². The molecule has 338 valence electrons. The zero-order valence-corrected chi connectivity index (χ0v) is 36.6. The fourth-order valence-corrected chi connectivity index (χ4v) is 8.35. The van der Waals surface area contributed by atoms with Crippen LogP contribution in [-0.2, 0) is 17.8 Å². The van der Waals surface area contributed by atoms with Gasteiger partial charge in [0.1, 0.15) is 45.8 Å². The molecule has 2 aliphatic rings. The minimum absolute atomic E-state index is 0.0406. The molecule has 17 nitrogen and oxygen atoms in total. The number of anilines is 4. The normalized spacial score (nSPS) is 15.8. The number of aliphatic hydroxyl groups is 1. The second-order valence-electron chi connectivity index (χ2n) is 16.1. The number of aromatic nitrogens is 8. The molecule has 19 heteroatoms. The highest BCUT2D eigenvalue weighted by Gasteiger charge is 2.22. The van der Waals surface area contributed by atoms with Crippen molar-refractivity contribution in [1.29, 1.82) is 0 Å². The molecule has 5 N–H and O–H groups in total. The largest absolute Gasteiger partial charge is 0.495 e. The smallest absolute Gasteiger partial charge is 0.387 e. The number of H-pyrrole nitrogens is 2. The Bertz CT molecular complexity index is 2940. The van der Waals surface area contributed by atoms with Crippen LogP contribution in [0, 0.1) is 13.8 Å². The molecule has 0 bridgehead atoms. The van der Waals surface area contributed by atoms with Crippen molar-refractivity contribution in [2.45, 2.75) is 39.7 Å². The summed E-state index contributed by atoms with van der Waals surface area (Å²) in [5, 5.41) is 18.1. The van der Waals surface area contributed by atoms with Crippen LogP contribution in [0.5, 0.6) is 11.5 Å². The van der Waals surface area contributed by atoms with Gasteiger partial charge in [-0.15, -0.1) is 0 Å². The number of aliphatic hydroxyl groups excluding tert-OH is 1. The summed E-state index contributed by atoms with van der Waals surface area (Å²) in [5.74, 6) is 3.93. The first-order valence-electron chi connectivity index (χ1n) is 21.5. The molecule has 8 heterocycles. The van der Waals surface area contributed by atoms with Crippen molar-refractivity contribution in [2.24, 2.45) is 0 Å². The van der Waals surface area contributed by atoms with E-state index in [2.05, 4.69) is 80.0 Å². The first-order valence-corrected chi connectivity index (χ1v) is 21.5. The third-order valence-electron chi connectivity index (χ3n) is 11.8. The van der Waals surface area contributed by atoms with Crippen LogP contribution in [0.1, 0.15) is 22.3 Å². The van der Waals surface area contributed by atoms with Gasteiger partial charge >= 0.3 is 6.61 Å². The molecule has 1 atom stereocenters. The molecular weight excluding hydrogens is 837 g/mol. The number of pyridine rings is 2. The van der Waals surface area contributed by atoms with Crippen molar-refractivity contribution in [2.75, 3.05) is 87.1 Å². The molecule has 2 aliphatic heterocycles. The summed E-state index contributed by atoms with van der Waals surface area (Å²) in [6.07, 6.45) is 6.94. The number of likely N-dealkylation sites (N-methyl/N-ethyl adjacent to an activating group) is 1. The lowest BCUT2D eigenvalue weighted by Gasteiger charge is -2.33. The molecule has 0 amide bonds. The number of alkyl halides is 2. The molecule has 0 aliphatic carbocycles. The van der Waals surface area contributed by atoms with Gasteiger partial charge in [0.15, 0.2) is 11.3 Å². The molecule has 2 aromatic carbocycles. The molecule has 6 aromatic heterocycles. The summed E-state index contributed by atoms with van der Waals surface area (Å²) in [7, 11) is 3.84. The third-order valence-corrected chi connectivity index (χ3v) is 11.8. The maximum atomic E-state index is 12.7. The highest BCUT2D eigenvalue weighted by molar-refractivity contribution is 5.92. The molecule has 0 saturated carbocycles. The van der Waals surface area contributed by atoms with Crippen molar-refractivity contribution in [3.05, 3.63) is 95.6 Å². The van der Waals surface area contributed by atoms with Crippen LogP contribution in [0.4, 0.5) is 32.1 Å². The van der Waals surface area contributed by atoms with E-state index in [9.17, 15) is 13.9 Å². The summed E-state index contributed by atoms with van der Waals surface area (Å²) in [6, 6.07) is 15.2. The Kier molecular flexibility index (Phi) is 12.7. The number of fused-ring (bicyclic) bond motifs is 4. The van der Waals surface area contributed by atoms with E-state index in [0.717, 1.165) is 71.1 Å². The average molecular weight is 888 g/mol. The molecule has 0 spiro atoms. The molecular formula is C46H51F2N13O4. The van der Waals surface area contributed by atoms with E-state index in [1.165, 1.54) is 22.6 Å². The average Bonchev–Trinajstić information content (AvgIpc) is 3.93. The zero-order chi connectivity index (χ0) is 45.0. The van der Waals surface area contributed by atoms with Crippen molar-refractivity contribution < 1.29 is 28.1 Å². The predicted octanol–water partition coefficient (Wildman–Crippen LogP) is 6.41. The highest BCUT2D eigenvalue weighted by atomic mass is 19.3. The Hall–Kier alpha value is -6.96. The third kappa shape index (κ3) is 9.48. The van der Waals surface area contributed by atoms with Crippen LogP contribution in [0.25, 0.3) is 44.1 Å². The number of hydrogen-bond acceptors (Lipinski definition) is 15. The van der Waals surface area contributed by atoms with Crippen LogP contribution in [0.3, 0.4) is 0 Å². The van der Waals surface area contributed by atoms with E-state index in [1.54, 1.807) is 31.8 Å². The maximum absolute atomic E-state index is 12.7. The van der Waals surface area contributed by atoms with Crippen LogP contribution in [0.15, 0.2) is 73.3 Å². The number of morpholine rings is 1. The first kappa shape index (κ1) is 43.3. The van der Waals surface area contributed by atoms with E-state index < -0.39 is 6.61 Å². The standard InChI is InChI=1S/C23H24F2N6O3.C23H27N7O/c1-13-8-28-21-17(34-23(24)25)4-2-14(20(13)21)9-27-18-10-26-16-3-5-19(30-22(16)29-18)31-6-7-33-15(11-31)12-32;1-15-12-26-22-18(31-3)6-4-16(21(15)22)13-25-19-14-24-17-5-7-20(28-23(17)27-19)30-10-8-29(2)9-11-30/h2-5,8,10,15,23,28,32H,6-7,9,11-12H2,1H3,(H,27,29,30);4-7,12,14,26H,8-11,13H2,1-3H3,(H,25,27,28). The Morgan fingerprint density at radius 2 is 1.29 bits per heavy atom. The Morgan fingerprint density at radius 1 is 0.738 bits per heavy atom. The van der Waals surface area contributed by atoms with E-state index in [0.29, 0.717) is 66.7 Å². The van der Waals surface area contributed by atoms with E-state index in [-0.39, 0.29) is 18.5 Å². The number of aromatic amines is 2. The summed E-state index contributed by atoms with van der Waals surface area (Å²) >= 11 is 0. The molecule has 65 heavy (non-hydrogen) atoms. The second kappa shape index (κ2) is 19.0. The summed E-state index contributed by atoms with van der Waals surface area (Å²) < 4.78 is 41.1. The lowest BCUT2D eigenvalue weighted by molar-refractivity contribution is -0.0489. The second-order valence-corrected chi connectivity index (χ2v) is 16.1. The quantitative estimate of drug-likeness (QED) is 0.0904.